The first-order valence-corrected chi connectivity index (χ1v) is 29.4. The Morgan fingerprint density at radius 1 is 0.410 bits per heavy atom. The third kappa shape index (κ3) is 11.3. The molecule has 0 radical (unpaired) electrons. The second-order valence-corrected chi connectivity index (χ2v) is 22.7. The maximum atomic E-state index is 15.2. The summed E-state index contributed by atoms with van der Waals surface area (Å²) in [7, 11) is 3.18. The molecule has 0 fully saturated rings. The highest BCUT2D eigenvalue weighted by Gasteiger charge is 2.30. The first-order chi connectivity index (χ1) is 38.0. The van der Waals surface area contributed by atoms with Crippen molar-refractivity contribution in [2.45, 2.75) is 92.2 Å². The van der Waals surface area contributed by atoms with Crippen LogP contribution in [0.5, 0.6) is 34.5 Å². The first kappa shape index (κ1) is 54.8. The van der Waals surface area contributed by atoms with Crippen LogP contribution in [0.2, 0.25) is 0 Å². The summed E-state index contributed by atoms with van der Waals surface area (Å²) in [5.74, 6) is 3.40. The van der Waals surface area contributed by atoms with Crippen LogP contribution < -0.4 is 39.1 Å². The number of hydrogen-bond donors (Lipinski definition) is 2. The van der Waals surface area contributed by atoms with Crippen molar-refractivity contribution in [3.63, 3.8) is 0 Å². The number of nitrogens with one attached hydrogen (secondary N) is 2. The molecule has 8 aromatic rings. The number of benzene rings is 8. The van der Waals surface area contributed by atoms with Gasteiger partial charge >= 0.3 is 0 Å². The summed E-state index contributed by atoms with van der Waals surface area (Å²) in [6.45, 7) is 11.0. The Morgan fingerprint density at radius 3 is 1.00 bits per heavy atom. The molecule has 0 unspecified atom stereocenters. The Morgan fingerprint density at radius 2 is 0.705 bits per heavy atom. The zero-order valence-corrected chi connectivity index (χ0v) is 49.6. The topological polar surface area (TPSA) is 114 Å². The minimum absolute atomic E-state index is 0.200. The van der Waals surface area contributed by atoms with Crippen LogP contribution in [0, 0.1) is 7.14 Å². The van der Waals surface area contributed by atoms with E-state index in [4.69, 9.17) is 28.4 Å². The number of ether oxygens (including phenoxy) is 6. The fraction of sp³-hybridized carbons (Fsp3) is 0.303. The number of methoxy groups -OCH3 is 2. The molecule has 78 heavy (non-hydrogen) atoms. The molecular formula is C66H66I2N2O8. The molecule has 0 atom stereocenters. The van der Waals surface area contributed by atoms with Crippen molar-refractivity contribution in [1.82, 2.24) is 10.6 Å². The highest BCUT2D eigenvalue weighted by atomic mass is 127. The maximum absolute atomic E-state index is 15.2. The average Bonchev–Trinajstić information content (AvgIpc) is 3.64. The van der Waals surface area contributed by atoms with Crippen LogP contribution in [-0.2, 0) is 38.8 Å². The van der Waals surface area contributed by atoms with Crippen molar-refractivity contribution in [3.05, 3.63) is 183 Å². The summed E-state index contributed by atoms with van der Waals surface area (Å²) in [5.41, 5.74) is 11.9. The molecule has 0 saturated heterocycles. The van der Waals surface area contributed by atoms with E-state index >= 15 is 9.59 Å². The Kier molecular flexibility index (Phi) is 17.3. The lowest BCUT2D eigenvalue weighted by molar-refractivity contribution is 0.0939. The summed E-state index contributed by atoms with van der Waals surface area (Å²) < 4.78 is 42.5. The highest BCUT2D eigenvalue weighted by Crippen LogP contribution is 2.49. The number of carbonyl (C=O) groups is 2. The fourth-order valence-corrected chi connectivity index (χ4v) is 12.7. The number of carbonyl (C=O) groups excluding carboxylic acids is 2. The highest BCUT2D eigenvalue weighted by molar-refractivity contribution is 14.1. The van der Waals surface area contributed by atoms with Crippen molar-refractivity contribution in [1.29, 1.82) is 0 Å². The number of fused-ring (bicyclic) bond motifs is 6. The molecule has 2 amide bonds. The Balaban J connectivity index is 1.31. The summed E-state index contributed by atoms with van der Waals surface area (Å²) >= 11 is 4.86. The number of hydrogen-bond acceptors (Lipinski definition) is 8. The molecule has 2 aliphatic heterocycles. The van der Waals surface area contributed by atoms with Crippen LogP contribution in [0.4, 0.5) is 0 Å². The Hall–Kier alpha value is -6.52. The van der Waals surface area contributed by atoms with E-state index in [1.165, 1.54) is 0 Å². The zero-order chi connectivity index (χ0) is 54.5. The van der Waals surface area contributed by atoms with E-state index in [-0.39, 0.29) is 24.9 Å². The van der Waals surface area contributed by atoms with Gasteiger partial charge in [0.25, 0.3) is 11.8 Å². The van der Waals surface area contributed by atoms with Crippen molar-refractivity contribution in [2.24, 2.45) is 0 Å². The van der Waals surface area contributed by atoms with Gasteiger partial charge in [-0.15, -0.1) is 0 Å². The minimum Gasteiger partial charge on any atom is -0.495 e. The van der Waals surface area contributed by atoms with Gasteiger partial charge in [-0.2, -0.15) is 0 Å². The van der Waals surface area contributed by atoms with Gasteiger partial charge in [-0.05, 0) is 209 Å². The van der Waals surface area contributed by atoms with Crippen molar-refractivity contribution >= 4 is 78.5 Å². The third-order valence-electron chi connectivity index (χ3n) is 14.4. The van der Waals surface area contributed by atoms with E-state index in [0.29, 0.717) is 85.9 Å². The molecule has 11 rings (SSSR count). The molecule has 2 N–H and O–H groups in total. The van der Waals surface area contributed by atoms with Gasteiger partial charge in [-0.25, -0.2) is 0 Å². The predicted octanol–water partition coefficient (Wildman–Crippen LogP) is 14.9. The monoisotopic (exact) mass is 1270 g/mol. The maximum Gasteiger partial charge on any atom is 0.255 e. The largest absolute Gasteiger partial charge is 0.495 e. The molecule has 1 aliphatic carbocycles. The summed E-state index contributed by atoms with van der Waals surface area (Å²) in [4.78, 5) is 30.4. The van der Waals surface area contributed by atoms with Crippen LogP contribution >= 0.6 is 45.2 Å². The first-order valence-electron chi connectivity index (χ1n) is 27.2. The minimum atomic E-state index is -0.319. The predicted molar refractivity (Wildman–Crippen MR) is 328 cm³/mol. The van der Waals surface area contributed by atoms with Gasteiger partial charge in [0.15, 0.2) is 0 Å². The molecule has 0 spiro atoms. The van der Waals surface area contributed by atoms with Gasteiger partial charge in [-0.3, -0.25) is 9.59 Å². The average molecular weight is 1270 g/mol. The molecule has 14 bridgehead atoms. The molecule has 3 aliphatic rings. The smallest absolute Gasteiger partial charge is 0.255 e. The lowest BCUT2D eigenvalue weighted by Gasteiger charge is -2.24. The summed E-state index contributed by atoms with van der Waals surface area (Å²) in [5, 5.41) is 10.0. The molecule has 0 aromatic heterocycles. The zero-order valence-electron chi connectivity index (χ0n) is 45.3. The van der Waals surface area contributed by atoms with E-state index < -0.39 is 0 Å². The number of halogens is 2. The molecule has 2 heterocycles. The van der Waals surface area contributed by atoms with Crippen molar-refractivity contribution in [2.75, 3.05) is 40.6 Å². The number of rotatable bonds is 14. The molecule has 8 aromatic carbocycles. The summed E-state index contributed by atoms with van der Waals surface area (Å²) in [6, 6.07) is 37.3. The second kappa shape index (κ2) is 24.7. The van der Waals surface area contributed by atoms with Crippen molar-refractivity contribution < 1.29 is 38.0 Å². The van der Waals surface area contributed by atoms with E-state index in [1.54, 1.807) is 14.2 Å². The lowest BCUT2D eigenvalue weighted by Crippen LogP contribution is -2.24. The Bertz CT molecular complexity index is 3260. The quantitative estimate of drug-likeness (QED) is 0.104. The van der Waals surface area contributed by atoms with E-state index in [1.807, 2.05) is 60.7 Å². The van der Waals surface area contributed by atoms with Crippen molar-refractivity contribution in [3.8, 4) is 45.6 Å². The fourth-order valence-electron chi connectivity index (χ4n) is 11.2. The van der Waals surface area contributed by atoms with Gasteiger partial charge in [0, 0.05) is 57.0 Å². The van der Waals surface area contributed by atoms with Gasteiger partial charge in [0.1, 0.15) is 34.5 Å². The molecule has 10 nitrogen and oxygen atoms in total. The molecule has 402 valence electrons. The van der Waals surface area contributed by atoms with Gasteiger partial charge in [0.05, 0.1) is 51.8 Å². The number of amides is 2. The molecule has 12 heteroatoms. The lowest BCUT2D eigenvalue weighted by atomic mass is 9.88. The van der Waals surface area contributed by atoms with E-state index in [2.05, 4.69) is 132 Å². The molecule has 0 saturated carbocycles. The summed E-state index contributed by atoms with van der Waals surface area (Å²) in [6.07, 6.45) is 5.29. The van der Waals surface area contributed by atoms with Gasteiger partial charge < -0.3 is 39.1 Å². The SMILES string of the molecule is CCCOc1c2cc(I)cc1Cc1cc3cc(c1OCCC)Cc1cc(I)cc(c1OCCC)Cc1cc(cc(c1OCCC)C2)CNC(=O)c1cc2ccccc2c(c1OC)-c1c(OC)c(cc2ccccc12)C(=O)NC3. The van der Waals surface area contributed by atoms with Crippen LogP contribution in [0.3, 0.4) is 0 Å². The van der Waals surface area contributed by atoms with E-state index in [9.17, 15) is 0 Å². The third-order valence-corrected chi connectivity index (χ3v) is 15.6. The Labute approximate surface area is 485 Å². The standard InChI is InChI=1S/C66H66I2N2O8/c1-7-19-75-59-43-23-39-24-44(59)28-48-32-52(68)34-50(62(48)78-22-10-4)30-46-26-40(25-45(60(46)76-20-8-2)29-49-33-51(67)31-47(27-43)61(49)77-21-9-3)38-70-66(72)56-36-42-16-12-14-18-54(42)58(64(56)74-6)57-53-17-13-11-15-41(53)35-55(63(57)73-5)65(71)69-37-39/h11-18,23-26,31-36H,7-10,19-22,27-30,37-38H2,1-6H3,(H,69,71)(H,70,72). The van der Waals surface area contributed by atoms with Gasteiger partial charge in [0.2, 0.25) is 0 Å². The van der Waals surface area contributed by atoms with Crippen LogP contribution in [0.25, 0.3) is 32.7 Å². The van der Waals surface area contributed by atoms with Crippen LogP contribution in [0.1, 0.15) is 130 Å². The van der Waals surface area contributed by atoms with Gasteiger partial charge in [-0.1, -0.05) is 76.2 Å². The normalized spacial score (nSPS) is 13.2. The van der Waals surface area contributed by atoms with Crippen LogP contribution in [-0.4, -0.2) is 52.5 Å². The molecular weight excluding hydrogens is 1200 g/mol. The van der Waals surface area contributed by atoms with Crippen LogP contribution in [0.15, 0.2) is 109 Å². The second-order valence-electron chi connectivity index (χ2n) is 20.2. The van der Waals surface area contributed by atoms with E-state index in [0.717, 1.165) is 133 Å².